The van der Waals surface area contributed by atoms with Crippen molar-refractivity contribution < 1.29 is 23.8 Å². The first-order valence-corrected chi connectivity index (χ1v) is 13.8. The standard InChI is InChI=1S/C29H34Cl2N2O5/c1-36-22-14-18(15-23(37-2)26(22)38-3)16-25(34)32-24-6-7-28(24)10-12-33(13-11-28)27(35)29(8-9-29)19-4-5-20(30)21(31)17-19/h4-5,14-15,17,24H,6-13,16H2,1-3H3,(H,32,34). The highest BCUT2D eigenvalue weighted by Gasteiger charge is 2.55. The van der Waals surface area contributed by atoms with E-state index in [1.54, 1.807) is 27.4 Å². The monoisotopic (exact) mass is 560 g/mol. The molecule has 3 fully saturated rings. The fourth-order valence-electron chi connectivity index (χ4n) is 6.19. The van der Waals surface area contributed by atoms with E-state index in [1.165, 1.54) is 0 Å². The zero-order chi connectivity index (χ0) is 27.1. The second-order valence-electron chi connectivity index (χ2n) is 10.7. The fraction of sp³-hybridized carbons (Fsp3) is 0.517. The molecule has 9 heteroatoms. The van der Waals surface area contributed by atoms with Crippen molar-refractivity contribution in [3.8, 4) is 17.2 Å². The van der Waals surface area contributed by atoms with Crippen molar-refractivity contribution in [2.45, 2.75) is 56.4 Å². The minimum absolute atomic E-state index is 0.0293. The number of hydrogen-bond donors (Lipinski definition) is 1. The summed E-state index contributed by atoms with van der Waals surface area (Å²) in [6.07, 6.45) is 5.72. The maximum Gasteiger partial charge on any atom is 0.233 e. The van der Waals surface area contributed by atoms with Crippen LogP contribution in [0.5, 0.6) is 17.2 Å². The second kappa shape index (κ2) is 10.5. The minimum atomic E-state index is -0.466. The van der Waals surface area contributed by atoms with Crippen LogP contribution < -0.4 is 19.5 Å². The third kappa shape index (κ3) is 4.79. The van der Waals surface area contributed by atoms with Gasteiger partial charge in [0.15, 0.2) is 11.5 Å². The third-order valence-corrected chi connectivity index (χ3v) is 9.51. The molecule has 2 aromatic rings. The van der Waals surface area contributed by atoms with Gasteiger partial charge in [-0.15, -0.1) is 0 Å². The van der Waals surface area contributed by atoms with E-state index in [0.29, 0.717) is 40.4 Å². The van der Waals surface area contributed by atoms with Crippen molar-refractivity contribution in [1.82, 2.24) is 10.2 Å². The average Bonchev–Trinajstić information content (AvgIpc) is 3.74. The molecular weight excluding hydrogens is 527 g/mol. The first-order valence-electron chi connectivity index (χ1n) is 13.1. The zero-order valence-electron chi connectivity index (χ0n) is 22.1. The predicted molar refractivity (Wildman–Crippen MR) is 147 cm³/mol. The van der Waals surface area contributed by atoms with Crippen LogP contribution in [0.1, 0.15) is 49.7 Å². The van der Waals surface area contributed by atoms with Gasteiger partial charge in [-0.3, -0.25) is 9.59 Å². The minimum Gasteiger partial charge on any atom is -0.493 e. The molecule has 2 aromatic carbocycles. The van der Waals surface area contributed by atoms with E-state index in [1.807, 2.05) is 29.2 Å². The van der Waals surface area contributed by atoms with E-state index in [2.05, 4.69) is 5.32 Å². The lowest BCUT2D eigenvalue weighted by atomic mass is 9.59. The Morgan fingerprint density at radius 1 is 0.921 bits per heavy atom. The lowest BCUT2D eigenvalue weighted by Crippen LogP contribution is -2.60. The van der Waals surface area contributed by atoms with Gasteiger partial charge in [-0.1, -0.05) is 29.3 Å². The zero-order valence-corrected chi connectivity index (χ0v) is 23.6. The Bertz CT molecular complexity index is 1210. The van der Waals surface area contributed by atoms with Crippen LogP contribution in [0.4, 0.5) is 0 Å². The number of rotatable bonds is 8. The highest BCUT2D eigenvalue weighted by atomic mass is 35.5. The predicted octanol–water partition coefficient (Wildman–Crippen LogP) is 5.18. The Morgan fingerprint density at radius 2 is 1.58 bits per heavy atom. The van der Waals surface area contributed by atoms with Gasteiger partial charge in [-0.25, -0.2) is 0 Å². The summed E-state index contributed by atoms with van der Waals surface area (Å²) in [7, 11) is 4.68. The molecule has 0 aromatic heterocycles. The van der Waals surface area contributed by atoms with E-state index >= 15 is 0 Å². The van der Waals surface area contributed by atoms with E-state index in [0.717, 1.165) is 49.7 Å². The van der Waals surface area contributed by atoms with Crippen molar-refractivity contribution in [3.05, 3.63) is 51.5 Å². The first kappa shape index (κ1) is 26.9. The van der Waals surface area contributed by atoms with E-state index < -0.39 is 5.41 Å². The quantitative estimate of drug-likeness (QED) is 0.481. The largest absolute Gasteiger partial charge is 0.493 e. The SMILES string of the molecule is COc1cc(CC(=O)NC2CCC23CCN(C(=O)C2(c4ccc(Cl)c(Cl)c4)CC2)CC3)cc(OC)c1OC. The number of carbonyl (C=O) groups is 2. The number of piperidine rings is 1. The molecule has 2 saturated carbocycles. The molecule has 1 aliphatic heterocycles. The lowest BCUT2D eigenvalue weighted by Gasteiger charge is -2.54. The molecule has 1 heterocycles. The van der Waals surface area contributed by atoms with Crippen molar-refractivity contribution in [1.29, 1.82) is 0 Å². The van der Waals surface area contributed by atoms with Crippen LogP contribution in [-0.4, -0.2) is 57.2 Å². The molecule has 1 N–H and O–H groups in total. The normalized spacial score (nSPS) is 20.9. The molecule has 1 atom stereocenters. The number of ether oxygens (including phenoxy) is 3. The maximum atomic E-state index is 13.6. The summed E-state index contributed by atoms with van der Waals surface area (Å²) >= 11 is 12.3. The van der Waals surface area contributed by atoms with Crippen molar-refractivity contribution in [2.75, 3.05) is 34.4 Å². The molecule has 1 spiro atoms. The van der Waals surface area contributed by atoms with Crippen molar-refractivity contribution in [3.63, 3.8) is 0 Å². The van der Waals surface area contributed by atoms with Crippen LogP contribution in [0.25, 0.3) is 0 Å². The molecule has 1 saturated heterocycles. The van der Waals surface area contributed by atoms with E-state index in [9.17, 15) is 9.59 Å². The van der Waals surface area contributed by atoms with Gasteiger partial charge < -0.3 is 24.4 Å². The molecule has 2 aliphatic carbocycles. The van der Waals surface area contributed by atoms with Crippen LogP contribution in [0.15, 0.2) is 30.3 Å². The Balaban J connectivity index is 1.19. The summed E-state index contributed by atoms with van der Waals surface area (Å²) < 4.78 is 16.2. The first-order chi connectivity index (χ1) is 18.2. The summed E-state index contributed by atoms with van der Waals surface area (Å²) in [5.41, 5.74) is 1.34. The molecule has 1 unspecified atom stereocenters. The third-order valence-electron chi connectivity index (χ3n) is 8.77. The Morgan fingerprint density at radius 3 is 2.08 bits per heavy atom. The van der Waals surface area contributed by atoms with Gasteiger partial charge in [0.2, 0.25) is 17.6 Å². The number of nitrogens with one attached hydrogen (secondary N) is 1. The highest BCUT2D eigenvalue weighted by molar-refractivity contribution is 6.42. The Hall–Kier alpha value is -2.64. The van der Waals surface area contributed by atoms with Crippen molar-refractivity contribution >= 4 is 35.0 Å². The molecule has 0 bridgehead atoms. The van der Waals surface area contributed by atoms with Crippen LogP contribution in [0.2, 0.25) is 10.0 Å². The molecule has 204 valence electrons. The molecule has 0 radical (unpaired) electrons. The van der Waals surface area contributed by atoms with Gasteiger partial charge in [0.1, 0.15) is 0 Å². The van der Waals surface area contributed by atoms with Gasteiger partial charge in [0.05, 0.1) is 43.2 Å². The highest BCUT2D eigenvalue weighted by Crippen LogP contribution is 2.53. The molecule has 5 rings (SSSR count). The van der Waals surface area contributed by atoms with Crippen LogP contribution in [-0.2, 0) is 21.4 Å². The maximum absolute atomic E-state index is 13.6. The van der Waals surface area contributed by atoms with E-state index in [-0.39, 0.29) is 29.7 Å². The summed E-state index contributed by atoms with van der Waals surface area (Å²) in [5, 5.41) is 4.26. The summed E-state index contributed by atoms with van der Waals surface area (Å²) in [6.45, 7) is 1.42. The smallest absolute Gasteiger partial charge is 0.233 e. The Kier molecular flexibility index (Phi) is 7.44. The second-order valence-corrected chi connectivity index (χ2v) is 11.5. The van der Waals surface area contributed by atoms with Gasteiger partial charge in [0, 0.05) is 19.1 Å². The summed E-state index contributed by atoms with van der Waals surface area (Å²) in [5.74, 6) is 1.72. The van der Waals surface area contributed by atoms with Crippen LogP contribution in [0, 0.1) is 5.41 Å². The van der Waals surface area contributed by atoms with Gasteiger partial charge in [-0.2, -0.15) is 0 Å². The fourth-order valence-corrected chi connectivity index (χ4v) is 6.49. The number of carbonyl (C=O) groups excluding carboxylic acids is 2. The molecule has 38 heavy (non-hydrogen) atoms. The summed E-state index contributed by atoms with van der Waals surface area (Å²) in [6, 6.07) is 9.28. The van der Waals surface area contributed by atoms with Crippen LogP contribution >= 0.6 is 23.2 Å². The van der Waals surface area contributed by atoms with Gasteiger partial charge in [0.25, 0.3) is 0 Å². The molecular formula is C29H34Cl2N2O5. The lowest BCUT2D eigenvalue weighted by molar-refractivity contribution is -0.139. The summed E-state index contributed by atoms with van der Waals surface area (Å²) in [4.78, 5) is 28.6. The van der Waals surface area contributed by atoms with Gasteiger partial charge in [-0.05, 0) is 79.3 Å². The number of hydrogen-bond acceptors (Lipinski definition) is 5. The number of methoxy groups -OCH3 is 3. The topological polar surface area (TPSA) is 77.1 Å². The number of likely N-dealkylation sites (tertiary alicyclic amines) is 1. The Labute approximate surface area is 233 Å². The number of nitrogens with zero attached hydrogens (tertiary/aromatic N) is 1. The number of benzene rings is 2. The molecule has 7 nitrogen and oxygen atoms in total. The van der Waals surface area contributed by atoms with E-state index in [4.69, 9.17) is 37.4 Å². The average molecular weight is 562 g/mol. The van der Waals surface area contributed by atoms with Crippen LogP contribution in [0.3, 0.4) is 0 Å². The van der Waals surface area contributed by atoms with Crippen molar-refractivity contribution in [2.24, 2.45) is 5.41 Å². The van der Waals surface area contributed by atoms with Gasteiger partial charge >= 0.3 is 0 Å². The number of amides is 2. The molecule has 3 aliphatic rings. The molecule has 2 amide bonds. The number of halogens is 2.